The van der Waals surface area contributed by atoms with Crippen LogP contribution >= 0.6 is 23.4 Å². The number of ether oxygens (including phenoxy) is 1. The van der Waals surface area contributed by atoms with Gasteiger partial charge in [-0.1, -0.05) is 29.8 Å². The fraction of sp³-hybridized carbons (Fsp3) is 0.188. The summed E-state index contributed by atoms with van der Waals surface area (Å²) in [6, 6.07) is 15.2. The lowest BCUT2D eigenvalue weighted by Crippen LogP contribution is -2.27. The maximum Gasteiger partial charge on any atom is 0.238 e. The van der Waals surface area contributed by atoms with Crippen LogP contribution < -0.4 is 9.64 Å². The largest absolute Gasteiger partial charge is 0.497 e. The number of halogens is 1. The van der Waals surface area contributed by atoms with Gasteiger partial charge in [-0.05, 0) is 35.9 Å². The second-order valence-electron chi connectivity index (χ2n) is 4.68. The third kappa shape index (κ3) is 2.87. The van der Waals surface area contributed by atoms with Crippen molar-refractivity contribution in [3.8, 4) is 5.75 Å². The number of rotatable bonds is 3. The van der Waals surface area contributed by atoms with Crippen LogP contribution in [0, 0.1) is 0 Å². The first-order chi connectivity index (χ1) is 10.2. The number of amides is 1. The van der Waals surface area contributed by atoms with E-state index in [2.05, 4.69) is 0 Å². The maximum atomic E-state index is 12.2. The molecule has 1 atom stereocenters. The summed E-state index contributed by atoms with van der Waals surface area (Å²) in [6.07, 6.45) is 0. The number of carbonyl (C=O) groups is 1. The van der Waals surface area contributed by atoms with Gasteiger partial charge in [-0.25, -0.2) is 0 Å². The average Bonchev–Trinajstić information content (AvgIpc) is 2.89. The number of methoxy groups -OCH3 is 1. The Kier molecular flexibility index (Phi) is 4.08. The van der Waals surface area contributed by atoms with E-state index < -0.39 is 0 Å². The lowest BCUT2D eigenvalue weighted by Gasteiger charge is -2.24. The molecule has 1 heterocycles. The van der Waals surface area contributed by atoms with Crippen molar-refractivity contribution < 1.29 is 9.53 Å². The standard InChI is InChI=1S/C16H14ClNO2S/c1-20-14-7-5-11(6-8-14)16-18(15(19)10-21-16)13-4-2-3-12(17)9-13/h2-9,16H,10H2,1H3. The first kappa shape index (κ1) is 14.3. The normalized spacial score (nSPS) is 18.1. The van der Waals surface area contributed by atoms with E-state index in [0.29, 0.717) is 10.8 Å². The van der Waals surface area contributed by atoms with Crippen LogP contribution in [0.4, 0.5) is 5.69 Å². The molecule has 0 aromatic heterocycles. The smallest absolute Gasteiger partial charge is 0.238 e. The highest BCUT2D eigenvalue weighted by Crippen LogP contribution is 2.42. The molecule has 3 nitrogen and oxygen atoms in total. The number of carbonyl (C=O) groups excluding carboxylic acids is 1. The van der Waals surface area contributed by atoms with Gasteiger partial charge in [0.05, 0.1) is 12.9 Å². The molecule has 5 heteroatoms. The SMILES string of the molecule is COc1ccc(C2SCC(=O)N2c2cccc(Cl)c2)cc1. The van der Waals surface area contributed by atoms with Gasteiger partial charge in [-0.15, -0.1) is 11.8 Å². The van der Waals surface area contributed by atoms with Crippen LogP contribution in [0.1, 0.15) is 10.9 Å². The Morgan fingerprint density at radius 1 is 1.24 bits per heavy atom. The third-order valence-electron chi connectivity index (χ3n) is 3.36. The van der Waals surface area contributed by atoms with Gasteiger partial charge in [0.25, 0.3) is 0 Å². The molecular formula is C16H14ClNO2S. The molecule has 0 radical (unpaired) electrons. The Bertz CT molecular complexity index is 660. The van der Waals surface area contributed by atoms with Gasteiger partial charge in [0.15, 0.2) is 0 Å². The molecule has 0 saturated carbocycles. The summed E-state index contributed by atoms with van der Waals surface area (Å²) in [5.74, 6) is 1.38. The summed E-state index contributed by atoms with van der Waals surface area (Å²) in [5.41, 5.74) is 1.91. The van der Waals surface area contributed by atoms with Crippen molar-refractivity contribution >= 4 is 35.0 Å². The second kappa shape index (κ2) is 6.00. The molecule has 0 bridgehead atoms. The Morgan fingerprint density at radius 2 is 2.00 bits per heavy atom. The molecule has 3 rings (SSSR count). The topological polar surface area (TPSA) is 29.5 Å². The zero-order chi connectivity index (χ0) is 14.8. The molecule has 1 unspecified atom stereocenters. The van der Waals surface area contributed by atoms with Crippen molar-refractivity contribution in [3.63, 3.8) is 0 Å². The number of benzene rings is 2. The quantitative estimate of drug-likeness (QED) is 0.852. The lowest BCUT2D eigenvalue weighted by atomic mass is 10.2. The summed E-state index contributed by atoms with van der Waals surface area (Å²) >= 11 is 7.66. The highest BCUT2D eigenvalue weighted by molar-refractivity contribution is 8.00. The van der Waals surface area contributed by atoms with Crippen molar-refractivity contribution in [2.24, 2.45) is 0 Å². The number of nitrogens with zero attached hydrogens (tertiary/aromatic N) is 1. The number of thioether (sulfide) groups is 1. The van der Waals surface area contributed by atoms with E-state index in [1.165, 1.54) is 0 Å². The van der Waals surface area contributed by atoms with Crippen LogP contribution in [0.25, 0.3) is 0 Å². The Morgan fingerprint density at radius 3 is 2.67 bits per heavy atom. The predicted molar refractivity (Wildman–Crippen MR) is 87.1 cm³/mol. The van der Waals surface area contributed by atoms with Gasteiger partial charge >= 0.3 is 0 Å². The molecule has 108 valence electrons. The van der Waals surface area contributed by atoms with Gasteiger partial charge in [-0.3, -0.25) is 9.69 Å². The molecule has 1 amide bonds. The Hall–Kier alpha value is -1.65. The van der Waals surface area contributed by atoms with Crippen LogP contribution in [-0.2, 0) is 4.79 Å². The molecule has 1 aliphatic heterocycles. The molecule has 1 fully saturated rings. The van der Waals surface area contributed by atoms with Crippen LogP contribution in [0.5, 0.6) is 5.75 Å². The molecule has 2 aromatic carbocycles. The summed E-state index contributed by atoms with van der Waals surface area (Å²) in [6.45, 7) is 0. The fourth-order valence-electron chi connectivity index (χ4n) is 2.34. The maximum absolute atomic E-state index is 12.2. The van der Waals surface area contributed by atoms with Crippen LogP contribution in [0.15, 0.2) is 48.5 Å². The Balaban J connectivity index is 1.95. The van der Waals surface area contributed by atoms with E-state index in [9.17, 15) is 4.79 Å². The minimum absolute atomic E-state index is 0.0260. The van der Waals surface area contributed by atoms with Crippen LogP contribution in [-0.4, -0.2) is 18.8 Å². The minimum Gasteiger partial charge on any atom is -0.497 e. The summed E-state index contributed by atoms with van der Waals surface area (Å²) in [5, 5.41) is 0.604. The molecule has 0 spiro atoms. The third-order valence-corrected chi connectivity index (χ3v) is 4.80. The van der Waals surface area contributed by atoms with Gasteiger partial charge < -0.3 is 4.74 Å². The number of hydrogen-bond donors (Lipinski definition) is 0. The molecule has 2 aromatic rings. The second-order valence-corrected chi connectivity index (χ2v) is 6.19. The van der Waals surface area contributed by atoms with Crippen molar-refractivity contribution in [1.82, 2.24) is 0 Å². The zero-order valence-electron chi connectivity index (χ0n) is 11.5. The fourth-order valence-corrected chi connectivity index (χ4v) is 3.71. The van der Waals surface area contributed by atoms with Gasteiger partial charge in [0, 0.05) is 10.7 Å². The summed E-state index contributed by atoms with van der Waals surface area (Å²) < 4.78 is 5.18. The van der Waals surface area contributed by atoms with Gasteiger partial charge in [-0.2, -0.15) is 0 Å². The monoisotopic (exact) mass is 319 g/mol. The van der Waals surface area contributed by atoms with Crippen molar-refractivity contribution in [1.29, 1.82) is 0 Å². The van der Waals surface area contributed by atoms with Crippen LogP contribution in [0.3, 0.4) is 0 Å². The first-order valence-corrected chi connectivity index (χ1v) is 7.95. The molecule has 21 heavy (non-hydrogen) atoms. The summed E-state index contributed by atoms with van der Waals surface area (Å²) in [7, 11) is 1.64. The van der Waals surface area contributed by atoms with Crippen molar-refractivity contribution in [2.45, 2.75) is 5.37 Å². The van der Waals surface area contributed by atoms with Gasteiger partial charge in [0.1, 0.15) is 11.1 Å². The zero-order valence-corrected chi connectivity index (χ0v) is 13.0. The Labute approximate surface area is 132 Å². The molecule has 0 aliphatic carbocycles. The minimum atomic E-state index is -0.0260. The average molecular weight is 320 g/mol. The van der Waals surface area contributed by atoms with Gasteiger partial charge in [0.2, 0.25) is 5.91 Å². The van der Waals surface area contributed by atoms with E-state index in [-0.39, 0.29) is 11.3 Å². The highest BCUT2D eigenvalue weighted by Gasteiger charge is 2.34. The first-order valence-electron chi connectivity index (χ1n) is 6.52. The number of anilines is 1. The number of hydrogen-bond acceptors (Lipinski definition) is 3. The van der Waals surface area contributed by atoms with E-state index in [1.54, 1.807) is 29.8 Å². The van der Waals surface area contributed by atoms with Crippen molar-refractivity contribution in [2.75, 3.05) is 17.8 Å². The van der Waals surface area contributed by atoms with Crippen LogP contribution in [0.2, 0.25) is 5.02 Å². The van der Waals surface area contributed by atoms with E-state index in [4.69, 9.17) is 16.3 Å². The summed E-state index contributed by atoms with van der Waals surface area (Å²) in [4.78, 5) is 14.0. The molecule has 1 saturated heterocycles. The highest BCUT2D eigenvalue weighted by atomic mass is 35.5. The van der Waals surface area contributed by atoms with E-state index >= 15 is 0 Å². The van der Waals surface area contributed by atoms with E-state index in [1.807, 2.05) is 42.5 Å². The van der Waals surface area contributed by atoms with E-state index in [0.717, 1.165) is 17.0 Å². The molecular weight excluding hydrogens is 306 g/mol. The van der Waals surface area contributed by atoms with Crippen molar-refractivity contribution in [3.05, 3.63) is 59.1 Å². The molecule has 1 aliphatic rings. The molecule has 0 N–H and O–H groups in total. The lowest BCUT2D eigenvalue weighted by molar-refractivity contribution is -0.115. The predicted octanol–water partition coefficient (Wildman–Crippen LogP) is 4.13.